The number of fused-ring (bicyclic) bond motifs is 1. The van der Waals surface area contributed by atoms with Crippen LogP contribution < -0.4 is 24.8 Å². The number of nitrogens with zero attached hydrogens (tertiary/aromatic N) is 1. The Hall–Kier alpha value is -2.29. The van der Waals surface area contributed by atoms with Gasteiger partial charge in [-0.25, -0.2) is 0 Å². The second kappa shape index (κ2) is 8.19. The first-order valence-electron chi connectivity index (χ1n) is 7.71. The van der Waals surface area contributed by atoms with E-state index in [1.807, 2.05) is 13.8 Å². The Labute approximate surface area is 145 Å². The second-order valence-corrected chi connectivity index (χ2v) is 5.93. The van der Waals surface area contributed by atoms with E-state index in [0.717, 1.165) is 0 Å². The Morgan fingerprint density at radius 1 is 1.28 bits per heavy atom. The topological polar surface area (TPSA) is 73.3 Å². The van der Waals surface area contributed by atoms with Crippen LogP contribution in [-0.2, 0) is 11.3 Å². The first kappa shape index (κ1) is 19.0. The van der Waals surface area contributed by atoms with Crippen LogP contribution in [0, 0.1) is 0 Å². The van der Waals surface area contributed by atoms with Crippen molar-refractivity contribution in [2.75, 3.05) is 27.5 Å². The largest absolute Gasteiger partial charge is 0.454 e. The highest BCUT2D eigenvalue weighted by molar-refractivity contribution is 5.79. The summed E-state index contributed by atoms with van der Waals surface area (Å²) in [5.74, 6) is 1.40. The fourth-order valence-corrected chi connectivity index (χ4v) is 2.08. The zero-order chi connectivity index (χ0) is 18.4. The Morgan fingerprint density at radius 2 is 1.96 bits per heavy atom. The Balaban J connectivity index is 2.05. The fourth-order valence-electron chi connectivity index (χ4n) is 2.08. The van der Waals surface area contributed by atoms with Gasteiger partial charge in [0, 0.05) is 38.9 Å². The van der Waals surface area contributed by atoms with E-state index in [9.17, 15) is 8.78 Å². The number of benzene rings is 1. The predicted molar refractivity (Wildman–Crippen MR) is 88.5 cm³/mol. The zero-order valence-electron chi connectivity index (χ0n) is 14.7. The molecule has 0 fully saturated rings. The van der Waals surface area contributed by atoms with Gasteiger partial charge in [0.2, 0.25) is 6.79 Å². The van der Waals surface area contributed by atoms with Crippen molar-refractivity contribution in [3.8, 4) is 17.2 Å². The van der Waals surface area contributed by atoms with E-state index < -0.39 is 6.61 Å². The van der Waals surface area contributed by atoms with Crippen LogP contribution in [-0.4, -0.2) is 45.7 Å². The molecule has 2 N–H and O–H groups in total. The van der Waals surface area contributed by atoms with Gasteiger partial charge in [-0.05, 0) is 19.9 Å². The van der Waals surface area contributed by atoms with Crippen LogP contribution >= 0.6 is 0 Å². The molecule has 7 nitrogen and oxygen atoms in total. The SMILES string of the molecule is CN=C(NCc1cc2c(cc1OC(F)F)OCO2)NCC(C)(C)OC. The summed E-state index contributed by atoms with van der Waals surface area (Å²) in [5, 5.41) is 6.16. The lowest BCUT2D eigenvalue weighted by Gasteiger charge is -2.24. The standard InChI is InChI=1S/C16H23F2N3O4/c1-16(2,22-4)8-21-15(19-3)20-7-10-5-12-13(24-9-23-12)6-11(10)25-14(17)18/h5-6,14H,7-9H2,1-4H3,(H2,19,20,21). The molecule has 0 bridgehead atoms. The van der Waals surface area contributed by atoms with Gasteiger partial charge in [0.25, 0.3) is 0 Å². The van der Waals surface area contributed by atoms with E-state index >= 15 is 0 Å². The molecule has 0 aromatic heterocycles. The molecule has 1 aliphatic heterocycles. The van der Waals surface area contributed by atoms with E-state index in [4.69, 9.17) is 14.2 Å². The third-order valence-electron chi connectivity index (χ3n) is 3.68. The highest BCUT2D eigenvalue weighted by Gasteiger charge is 2.21. The van der Waals surface area contributed by atoms with Gasteiger partial charge < -0.3 is 29.6 Å². The van der Waals surface area contributed by atoms with Gasteiger partial charge in [-0.1, -0.05) is 0 Å². The van der Waals surface area contributed by atoms with Crippen LogP contribution in [0.25, 0.3) is 0 Å². The monoisotopic (exact) mass is 359 g/mol. The number of alkyl halides is 2. The molecule has 0 unspecified atom stereocenters. The molecule has 140 valence electrons. The summed E-state index contributed by atoms with van der Waals surface area (Å²) < 4.78 is 45.7. The van der Waals surface area contributed by atoms with Crippen LogP contribution in [0.15, 0.2) is 17.1 Å². The molecule has 1 aliphatic rings. The Kier molecular flexibility index (Phi) is 6.24. The summed E-state index contributed by atoms with van der Waals surface area (Å²) in [7, 11) is 3.24. The summed E-state index contributed by atoms with van der Waals surface area (Å²) in [6, 6.07) is 3.01. The van der Waals surface area contributed by atoms with Crippen molar-refractivity contribution in [1.29, 1.82) is 0 Å². The summed E-state index contributed by atoms with van der Waals surface area (Å²) in [4.78, 5) is 4.10. The second-order valence-electron chi connectivity index (χ2n) is 5.93. The molecule has 0 aliphatic carbocycles. The van der Waals surface area contributed by atoms with Gasteiger partial charge in [-0.3, -0.25) is 4.99 Å². The first-order chi connectivity index (χ1) is 11.8. The van der Waals surface area contributed by atoms with Crippen LogP contribution in [0.4, 0.5) is 8.78 Å². The van der Waals surface area contributed by atoms with E-state index in [0.29, 0.717) is 29.6 Å². The van der Waals surface area contributed by atoms with Gasteiger partial charge >= 0.3 is 6.61 Å². The quantitative estimate of drug-likeness (QED) is 0.574. The Morgan fingerprint density at radius 3 is 2.56 bits per heavy atom. The van der Waals surface area contributed by atoms with Crippen molar-refractivity contribution < 1.29 is 27.7 Å². The summed E-state index contributed by atoms with van der Waals surface area (Å²) >= 11 is 0. The molecule has 0 atom stereocenters. The molecular formula is C16H23F2N3O4. The molecule has 9 heteroatoms. The highest BCUT2D eigenvalue weighted by Crippen LogP contribution is 2.38. The maximum atomic E-state index is 12.6. The minimum atomic E-state index is -2.93. The number of guanidine groups is 1. The number of aliphatic imine (C=N–C) groups is 1. The van der Waals surface area contributed by atoms with Crippen molar-refractivity contribution in [3.05, 3.63) is 17.7 Å². The van der Waals surface area contributed by atoms with Gasteiger partial charge in [0.05, 0.1) is 5.60 Å². The lowest BCUT2D eigenvalue weighted by molar-refractivity contribution is -0.0505. The number of ether oxygens (including phenoxy) is 4. The van der Waals surface area contributed by atoms with Gasteiger partial charge in [0.1, 0.15) is 5.75 Å². The van der Waals surface area contributed by atoms with E-state index in [1.54, 1.807) is 20.2 Å². The van der Waals surface area contributed by atoms with Gasteiger partial charge in [-0.15, -0.1) is 0 Å². The van der Waals surface area contributed by atoms with Crippen LogP contribution in [0.1, 0.15) is 19.4 Å². The van der Waals surface area contributed by atoms with Crippen molar-refractivity contribution in [2.45, 2.75) is 32.6 Å². The average molecular weight is 359 g/mol. The third kappa shape index (κ3) is 5.35. The van der Waals surface area contributed by atoms with E-state index in [1.165, 1.54) is 6.07 Å². The number of methoxy groups -OCH3 is 1. The number of hydrogen-bond acceptors (Lipinski definition) is 5. The summed E-state index contributed by atoms with van der Waals surface area (Å²) in [6.45, 7) is 1.71. The molecule has 25 heavy (non-hydrogen) atoms. The van der Waals surface area contributed by atoms with Crippen molar-refractivity contribution >= 4 is 5.96 Å². The van der Waals surface area contributed by atoms with Gasteiger partial charge in [-0.2, -0.15) is 8.78 Å². The number of halogens is 2. The zero-order valence-corrected chi connectivity index (χ0v) is 14.7. The minimum absolute atomic E-state index is 0.0272. The number of hydrogen-bond donors (Lipinski definition) is 2. The maximum Gasteiger partial charge on any atom is 0.387 e. The maximum absolute atomic E-state index is 12.6. The first-order valence-corrected chi connectivity index (χ1v) is 7.71. The van der Waals surface area contributed by atoms with Crippen molar-refractivity contribution in [1.82, 2.24) is 10.6 Å². The lowest BCUT2D eigenvalue weighted by Crippen LogP contribution is -2.45. The minimum Gasteiger partial charge on any atom is -0.454 e. The third-order valence-corrected chi connectivity index (χ3v) is 3.68. The molecule has 0 saturated carbocycles. The molecule has 0 radical (unpaired) electrons. The molecule has 0 amide bonds. The molecule has 2 rings (SSSR count). The van der Waals surface area contributed by atoms with Crippen LogP contribution in [0.2, 0.25) is 0 Å². The lowest BCUT2D eigenvalue weighted by atomic mass is 10.1. The summed E-state index contributed by atoms with van der Waals surface area (Å²) in [5.41, 5.74) is 0.124. The van der Waals surface area contributed by atoms with Crippen molar-refractivity contribution in [3.63, 3.8) is 0 Å². The molecule has 1 aromatic carbocycles. The van der Waals surface area contributed by atoms with Crippen LogP contribution in [0.3, 0.4) is 0 Å². The van der Waals surface area contributed by atoms with Crippen molar-refractivity contribution in [2.24, 2.45) is 4.99 Å². The van der Waals surface area contributed by atoms with E-state index in [-0.39, 0.29) is 24.7 Å². The molecule has 1 aromatic rings. The van der Waals surface area contributed by atoms with E-state index in [2.05, 4.69) is 20.4 Å². The van der Waals surface area contributed by atoms with Crippen LogP contribution in [0.5, 0.6) is 17.2 Å². The normalized spacial score (nSPS) is 14.0. The average Bonchev–Trinajstić information content (AvgIpc) is 3.01. The molecule has 1 heterocycles. The fraction of sp³-hybridized carbons (Fsp3) is 0.562. The molecule has 0 spiro atoms. The number of rotatable bonds is 7. The highest BCUT2D eigenvalue weighted by atomic mass is 19.3. The molecule has 0 saturated heterocycles. The van der Waals surface area contributed by atoms with Gasteiger partial charge in [0.15, 0.2) is 17.5 Å². The Bertz CT molecular complexity index is 624. The smallest absolute Gasteiger partial charge is 0.387 e. The summed E-state index contributed by atoms with van der Waals surface area (Å²) in [6.07, 6.45) is 0. The predicted octanol–water partition coefficient (Wildman–Crippen LogP) is 2.11. The number of nitrogens with one attached hydrogen (secondary N) is 2. The molecular weight excluding hydrogens is 336 g/mol.